The van der Waals surface area contributed by atoms with Gasteiger partial charge >= 0.3 is 6.09 Å². The zero-order chi connectivity index (χ0) is 15.6. The summed E-state index contributed by atoms with van der Waals surface area (Å²) in [5.74, 6) is 0. The Morgan fingerprint density at radius 1 is 1.30 bits per heavy atom. The van der Waals surface area contributed by atoms with E-state index >= 15 is 0 Å². The van der Waals surface area contributed by atoms with E-state index in [1.54, 1.807) is 20.8 Å². The van der Waals surface area contributed by atoms with Crippen LogP contribution in [0.2, 0.25) is 0 Å². The molecule has 0 bridgehead atoms. The maximum Gasteiger partial charge on any atom is 0.408 e. The molecule has 3 N–H and O–H groups in total. The lowest BCUT2D eigenvalue weighted by Gasteiger charge is -2.37. The highest BCUT2D eigenvalue weighted by molar-refractivity contribution is 5.69. The summed E-state index contributed by atoms with van der Waals surface area (Å²) in [6, 6.07) is 0. The fourth-order valence-corrected chi connectivity index (χ4v) is 2.72. The third-order valence-electron chi connectivity index (χ3n) is 3.54. The SMILES string of the molecule is CC(C)(C)OC(=O)NC1(CC(C)(N)C(F)F)CCCC1. The summed E-state index contributed by atoms with van der Waals surface area (Å²) in [4.78, 5) is 11.9. The molecule has 6 heteroatoms. The van der Waals surface area contributed by atoms with Gasteiger partial charge in [0.05, 0.1) is 5.54 Å². The second-order valence-corrected chi connectivity index (χ2v) is 7.10. The monoisotopic (exact) mass is 292 g/mol. The second-order valence-electron chi connectivity index (χ2n) is 7.10. The molecule has 0 radical (unpaired) electrons. The Kier molecular flexibility index (Phi) is 5.00. The summed E-state index contributed by atoms with van der Waals surface area (Å²) in [5, 5.41) is 2.79. The van der Waals surface area contributed by atoms with Crippen molar-refractivity contribution in [2.45, 2.75) is 82.9 Å². The molecule has 1 aliphatic rings. The van der Waals surface area contributed by atoms with Crippen LogP contribution < -0.4 is 11.1 Å². The Hall–Kier alpha value is -0.910. The van der Waals surface area contributed by atoms with E-state index in [0.29, 0.717) is 12.8 Å². The summed E-state index contributed by atoms with van der Waals surface area (Å²) in [6.07, 6.45) is -0.0246. The van der Waals surface area contributed by atoms with Crippen molar-refractivity contribution in [1.29, 1.82) is 0 Å². The third-order valence-corrected chi connectivity index (χ3v) is 3.54. The van der Waals surface area contributed by atoms with Crippen molar-refractivity contribution in [2.75, 3.05) is 0 Å². The van der Waals surface area contributed by atoms with Crippen LogP contribution in [0, 0.1) is 0 Å². The van der Waals surface area contributed by atoms with Crippen molar-refractivity contribution in [1.82, 2.24) is 5.32 Å². The van der Waals surface area contributed by atoms with Gasteiger partial charge in [-0.2, -0.15) is 0 Å². The molecule has 0 spiro atoms. The van der Waals surface area contributed by atoms with Crippen molar-refractivity contribution >= 4 is 6.09 Å². The van der Waals surface area contributed by atoms with Gasteiger partial charge in [-0.25, -0.2) is 13.6 Å². The smallest absolute Gasteiger partial charge is 0.408 e. The fourth-order valence-electron chi connectivity index (χ4n) is 2.72. The van der Waals surface area contributed by atoms with Crippen molar-refractivity contribution in [3.63, 3.8) is 0 Å². The minimum atomic E-state index is -2.62. The number of carbonyl (C=O) groups excluding carboxylic acids is 1. The number of carbonyl (C=O) groups is 1. The predicted octanol–water partition coefficient (Wildman–Crippen LogP) is 3.20. The summed E-state index contributed by atoms with van der Waals surface area (Å²) in [6.45, 7) is 6.62. The standard InChI is InChI=1S/C14H26F2N2O2/c1-12(2,3)20-11(19)18-14(7-5-6-8-14)9-13(4,17)10(15)16/h10H,5-9,17H2,1-4H3,(H,18,19). The average molecular weight is 292 g/mol. The van der Waals surface area contributed by atoms with Crippen LogP contribution in [0.25, 0.3) is 0 Å². The van der Waals surface area contributed by atoms with Gasteiger partial charge < -0.3 is 15.8 Å². The van der Waals surface area contributed by atoms with E-state index in [2.05, 4.69) is 5.32 Å². The van der Waals surface area contributed by atoms with Gasteiger partial charge in [0, 0.05) is 5.54 Å². The largest absolute Gasteiger partial charge is 0.444 e. The van der Waals surface area contributed by atoms with E-state index in [1.165, 1.54) is 6.92 Å². The quantitative estimate of drug-likeness (QED) is 0.836. The second kappa shape index (κ2) is 5.84. The number of ether oxygens (including phenoxy) is 1. The van der Waals surface area contributed by atoms with E-state index in [-0.39, 0.29) is 6.42 Å². The van der Waals surface area contributed by atoms with Crippen LogP contribution in [-0.2, 0) is 4.74 Å². The van der Waals surface area contributed by atoms with Gasteiger partial charge in [-0.15, -0.1) is 0 Å². The summed E-state index contributed by atoms with van der Waals surface area (Å²) < 4.78 is 31.2. The number of nitrogens with one attached hydrogen (secondary N) is 1. The molecule has 118 valence electrons. The molecule has 1 unspecified atom stereocenters. The Bertz CT molecular complexity index is 346. The third kappa shape index (κ3) is 4.89. The lowest BCUT2D eigenvalue weighted by molar-refractivity contribution is 0.0258. The first-order valence-corrected chi connectivity index (χ1v) is 7.04. The first-order valence-electron chi connectivity index (χ1n) is 7.04. The Labute approximate surface area is 119 Å². The van der Waals surface area contributed by atoms with Crippen molar-refractivity contribution in [2.24, 2.45) is 5.73 Å². The van der Waals surface area contributed by atoms with Gasteiger partial charge in [-0.3, -0.25) is 0 Å². The molecule has 1 amide bonds. The number of nitrogens with two attached hydrogens (primary N) is 1. The Balaban J connectivity index is 2.75. The molecular weight excluding hydrogens is 266 g/mol. The van der Waals surface area contributed by atoms with Gasteiger partial charge in [0.25, 0.3) is 6.43 Å². The van der Waals surface area contributed by atoms with Crippen molar-refractivity contribution < 1.29 is 18.3 Å². The molecule has 1 rings (SSSR count). The molecule has 20 heavy (non-hydrogen) atoms. The maximum absolute atomic E-state index is 13.0. The number of hydrogen-bond donors (Lipinski definition) is 2. The number of hydrogen-bond acceptors (Lipinski definition) is 3. The molecule has 0 heterocycles. The van der Waals surface area contributed by atoms with Gasteiger partial charge in [-0.05, 0) is 47.0 Å². The van der Waals surface area contributed by atoms with Gasteiger partial charge in [0.2, 0.25) is 0 Å². The molecule has 0 aliphatic heterocycles. The molecule has 0 saturated heterocycles. The topological polar surface area (TPSA) is 64.3 Å². The van der Waals surface area contributed by atoms with E-state index in [9.17, 15) is 13.6 Å². The molecule has 4 nitrogen and oxygen atoms in total. The minimum Gasteiger partial charge on any atom is -0.444 e. The van der Waals surface area contributed by atoms with Crippen LogP contribution in [0.4, 0.5) is 13.6 Å². The molecule has 0 aromatic rings. The number of alkyl carbamates (subject to hydrolysis) is 1. The summed E-state index contributed by atoms with van der Waals surface area (Å²) >= 11 is 0. The minimum absolute atomic E-state index is 0.0525. The fraction of sp³-hybridized carbons (Fsp3) is 0.929. The van der Waals surface area contributed by atoms with Crippen LogP contribution in [-0.4, -0.2) is 29.2 Å². The van der Waals surface area contributed by atoms with E-state index in [1.807, 2.05) is 0 Å². The van der Waals surface area contributed by atoms with Crippen molar-refractivity contribution in [3.8, 4) is 0 Å². The molecule has 1 atom stereocenters. The number of halogens is 2. The number of rotatable bonds is 4. The molecular formula is C14H26F2N2O2. The molecule has 1 saturated carbocycles. The van der Waals surface area contributed by atoms with Crippen LogP contribution >= 0.6 is 0 Å². The first-order chi connectivity index (χ1) is 8.96. The van der Waals surface area contributed by atoms with Crippen LogP contribution in [0.1, 0.15) is 59.8 Å². The number of amides is 1. The van der Waals surface area contributed by atoms with E-state index < -0.39 is 29.2 Å². The molecule has 1 aliphatic carbocycles. The first kappa shape index (κ1) is 17.1. The van der Waals surface area contributed by atoms with Crippen LogP contribution in [0.15, 0.2) is 0 Å². The summed E-state index contributed by atoms with van der Waals surface area (Å²) in [5.41, 5.74) is 2.78. The lowest BCUT2D eigenvalue weighted by atomic mass is 9.82. The number of alkyl halides is 2. The highest BCUT2D eigenvalue weighted by Crippen LogP contribution is 2.37. The Morgan fingerprint density at radius 3 is 2.20 bits per heavy atom. The van der Waals surface area contributed by atoms with Crippen LogP contribution in [0.5, 0.6) is 0 Å². The average Bonchev–Trinajstić information content (AvgIpc) is 2.61. The highest BCUT2D eigenvalue weighted by atomic mass is 19.3. The van der Waals surface area contributed by atoms with Crippen LogP contribution in [0.3, 0.4) is 0 Å². The molecule has 0 aromatic carbocycles. The zero-order valence-corrected chi connectivity index (χ0v) is 12.8. The normalized spacial score (nSPS) is 21.6. The van der Waals surface area contributed by atoms with Gasteiger partial charge in [0.15, 0.2) is 0 Å². The van der Waals surface area contributed by atoms with Gasteiger partial charge in [0.1, 0.15) is 5.60 Å². The zero-order valence-electron chi connectivity index (χ0n) is 12.8. The molecule has 0 aromatic heterocycles. The highest BCUT2D eigenvalue weighted by Gasteiger charge is 2.44. The molecule has 1 fully saturated rings. The van der Waals surface area contributed by atoms with E-state index in [4.69, 9.17) is 10.5 Å². The summed E-state index contributed by atoms with van der Waals surface area (Å²) in [7, 11) is 0. The maximum atomic E-state index is 13.0. The van der Waals surface area contributed by atoms with Crippen molar-refractivity contribution in [3.05, 3.63) is 0 Å². The van der Waals surface area contributed by atoms with Gasteiger partial charge in [-0.1, -0.05) is 12.8 Å². The Morgan fingerprint density at radius 2 is 1.80 bits per heavy atom. The lowest BCUT2D eigenvalue weighted by Crippen LogP contribution is -2.57. The van der Waals surface area contributed by atoms with E-state index in [0.717, 1.165) is 12.8 Å². The predicted molar refractivity (Wildman–Crippen MR) is 73.8 cm³/mol.